The van der Waals surface area contributed by atoms with Crippen molar-refractivity contribution in [1.29, 1.82) is 0 Å². The lowest BCUT2D eigenvalue weighted by atomic mass is 10.1. The largest absolute Gasteiger partial charge is 0.354 e. The number of aromatic nitrogens is 1. The Morgan fingerprint density at radius 2 is 1.76 bits per heavy atom. The summed E-state index contributed by atoms with van der Waals surface area (Å²) in [6.07, 6.45) is 1.87. The van der Waals surface area contributed by atoms with Crippen LogP contribution >= 0.6 is 31.9 Å². The molecule has 0 unspecified atom stereocenters. The predicted molar refractivity (Wildman–Crippen MR) is 81.3 cm³/mol. The summed E-state index contributed by atoms with van der Waals surface area (Å²) in [5.74, 6) is 0. The van der Waals surface area contributed by atoms with Crippen LogP contribution in [0.2, 0.25) is 0 Å². The second-order valence-electron chi connectivity index (χ2n) is 3.94. The average molecular weight is 351 g/mol. The SMILES string of the molecule is C=Cc1cc(Br)cc2c1[nH]c1ccc(Br)cc12. The van der Waals surface area contributed by atoms with Crippen molar-refractivity contribution < 1.29 is 0 Å². The number of nitrogens with one attached hydrogen (secondary N) is 1. The van der Waals surface area contributed by atoms with Gasteiger partial charge in [-0.1, -0.05) is 44.5 Å². The number of H-pyrrole nitrogens is 1. The zero-order valence-corrected chi connectivity index (χ0v) is 12.1. The van der Waals surface area contributed by atoms with Gasteiger partial charge < -0.3 is 4.98 Å². The minimum atomic E-state index is 1.07. The van der Waals surface area contributed by atoms with Gasteiger partial charge in [-0.3, -0.25) is 0 Å². The molecule has 0 spiro atoms. The molecule has 84 valence electrons. The molecule has 0 radical (unpaired) electrons. The Balaban J connectivity index is 2.56. The van der Waals surface area contributed by atoms with Gasteiger partial charge in [0.05, 0.1) is 5.52 Å². The van der Waals surface area contributed by atoms with E-state index < -0.39 is 0 Å². The van der Waals surface area contributed by atoms with Crippen LogP contribution in [0.5, 0.6) is 0 Å². The first kappa shape index (κ1) is 11.1. The molecule has 0 aliphatic carbocycles. The maximum atomic E-state index is 3.86. The number of halogens is 2. The number of aromatic amines is 1. The lowest BCUT2D eigenvalue weighted by Gasteiger charge is -1.98. The van der Waals surface area contributed by atoms with Crippen molar-refractivity contribution in [3.8, 4) is 0 Å². The van der Waals surface area contributed by atoms with Crippen LogP contribution in [0.25, 0.3) is 27.9 Å². The number of rotatable bonds is 1. The molecular formula is C14H9Br2N. The fourth-order valence-electron chi connectivity index (χ4n) is 2.12. The van der Waals surface area contributed by atoms with Crippen molar-refractivity contribution in [3.63, 3.8) is 0 Å². The zero-order chi connectivity index (χ0) is 12.0. The predicted octanol–water partition coefficient (Wildman–Crippen LogP) is 5.49. The van der Waals surface area contributed by atoms with Gasteiger partial charge in [-0.05, 0) is 35.9 Å². The van der Waals surface area contributed by atoms with E-state index >= 15 is 0 Å². The first-order valence-electron chi connectivity index (χ1n) is 5.22. The lowest BCUT2D eigenvalue weighted by Crippen LogP contribution is -1.76. The van der Waals surface area contributed by atoms with Crippen LogP contribution in [-0.2, 0) is 0 Å². The molecule has 0 aliphatic rings. The van der Waals surface area contributed by atoms with Crippen LogP contribution in [-0.4, -0.2) is 4.98 Å². The highest BCUT2D eigenvalue weighted by molar-refractivity contribution is 9.10. The first-order valence-corrected chi connectivity index (χ1v) is 6.80. The van der Waals surface area contributed by atoms with Crippen LogP contribution in [0, 0.1) is 0 Å². The Morgan fingerprint density at radius 3 is 2.53 bits per heavy atom. The topological polar surface area (TPSA) is 15.8 Å². The van der Waals surface area contributed by atoms with Crippen LogP contribution < -0.4 is 0 Å². The molecule has 3 heteroatoms. The molecular weight excluding hydrogens is 342 g/mol. The van der Waals surface area contributed by atoms with E-state index in [1.807, 2.05) is 12.1 Å². The quantitative estimate of drug-likeness (QED) is 0.597. The van der Waals surface area contributed by atoms with Gasteiger partial charge in [0.1, 0.15) is 0 Å². The molecule has 1 nitrogen and oxygen atoms in total. The molecule has 0 fully saturated rings. The Hall–Kier alpha value is -1.06. The molecule has 0 saturated carbocycles. The molecule has 1 heterocycles. The number of fused-ring (bicyclic) bond motifs is 3. The summed E-state index contributed by atoms with van der Waals surface area (Å²) < 4.78 is 2.16. The van der Waals surface area contributed by atoms with Crippen LogP contribution in [0.1, 0.15) is 5.56 Å². The van der Waals surface area contributed by atoms with Crippen LogP contribution in [0.4, 0.5) is 0 Å². The molecule has 1 N–H and O–H groups in total. The number of hydrogen-bond donors (Lipinski definition) is 1. The van der Waals surface area contributed by atoms with Crippen molar-refractivity contribution >= 4 is 59.7 Å². The highest BCUT2D eigenvalue weighted by atomic mass is 79.9. The molecule has 1 aromatic heterocycles. The van der Waals surface area contributed by atoms with E-state index in [1.54, 1.807) is 0 Å². The van der Waals surface area contributed by atoms with E-state index in [9.17, 15) is 0 Å². The van der Waals surface area contributed by atoms with Crippen molar-refractivity contribution in [2.75, 3.05) is 0 Å². The third-order valence-electron chi connectivity index (χ3n) is 2.88. The molecule has 17 heavy (non-hydrogen) atoms. The second kappa shape index (κ2) is 4.00. The average Bonchev–Trinajstić information content (AvgIpc) is 2.66. The zero-order valence-electron chi connectivity index (χ0n) is 8.93. The molecule has 0 atom stereocenters. The minimum absolute atomic E-state index is 1.07. The van der Waals surface area contributed by atoms with Crippen LogP contribution in [0.3, 0.4) is 0 Å². The summed E-state index contributed by atoms with van der Waals surface area (Å²) in [7, 11) is 0. The van der Waals surface area contributed by atoms with Crippen molar-refractivity contribution in [3.05, 3.63) is 51.4 Å². The van der Waals surface area contributed by atoms with Crippen LogP contribution in [0.15, 0.2) is 45.9 Å². The third kappa shape index (κ3) is 1.74. The Morgan fingerprint density at radius 1 is 1.00 bits per heavy atom. The van der Waals surface area contributed by atoms with Gasteiger partial charge in [-0.2, -0.15) is 0 Å². The van der Waals surface area contributed by atoms with E-state index in [1.165, 1.54) is 10.8 Å². The van der Waals surface area contributed by atoms with Crippen molar-refractivity contribution in [1.82, 2.24) is 4.98 Å². The molecule has 0 bridgehead atoms. The van der Waals surface area contributed by atoms with E-state index in [0.717, 1.165) is 25.5 Å². The highest BCUT2D eigenvalue weighted by Gasteiger charge is 2.08. The Kier molecular flexibility index (Phi) is 2.60. The van der Waals surface area contributed by atoms with Gasteiger partial charge in [-0.25, -0.2) is 0 Å². The monoisotopic (exact) mass is 349 g/mol. The molecule has 2 aromatic carbocycles. The van der Waals surface area contributed by atoms with E-state index in [0.29, 0.717) is 0 Å². The van der Waals surface area contributed by atoms with Gasteiger partial charge in [0, 0.05) is 25.2 Å². The Labute approximate surface area is 116 Å². The summed E-state index contributed by atoms with van der Waals surface area (Å²) in [4.78, 5) is 3.44. The molecule has 3 aromatic rings. The van der Waals surface area contributed by atoms with Gasteiger partial charge in [-0.15, -0.1) is 0 Å². The maximum absolute atomic E-state index is 3.86. The standard InChI is InChI=1S/C14H9Br2N/c1-2-8-5-10(16)7-12-11-6-9(15)3-4-13(11)17-14(8)12/h2-7,17H,1H2. The summed E-state index contributed by atoms with van der Waals surface area (Å²) >= 11 is 7.05. The summed E-state index contributed by atoms with van der Waals surface area (Å²) in [6, 6.07) is 10.5. The summed E-state index contributed by atoms with van der Waals surface area (Å²) in [5.41, 5.74) is 3.39. The smallest absolute Gasteiger partial charge is 0.0539 e. The molecule has 0 amide bonds. The van der Waals surface area contributed by atoms with Crippen molar-refractivity contribution in [2.45, 2.75) is 0 Å². The van der Waals surface area contributed by atoms with E-state index in [-0.39, 0.29) is 0 Å². The second-order valence-corrected chi connectivity index (χ2v) is 5.77. The third-order valence-corrected chi connectivity index (χ3v) is 3.84. The fraction of sp³-hybridized carbons (Fsp3) is 0. The Bertz CT molecular complexity index is 741. The molecule has 3 rings (SSSR count). The van der Waals surface area contributed by atoms with Gasteiger partial charge in [0.2, 0.25) is 0 Å². The van der Waals surface area contributed by atoms with Gasteiger partial charge >= 0.3 is 0 Å². The van der Waals surface area contributed by atoms with E-state index in [2.05, 4.69) is 67.7 Å². The normalized spacial score (nSPS) is 11.2. The summed E-state index contributed by atoms with van der Waals surface area (Å²) in [6.45, 7) is 3.86. The molecule has 0 saturated heterocycles. The number of benzene rings is 2. The lowest BCUT2D eigenvalue weighted by molar-refractivity contribution is 1.52. The van der Waals surface area contributed by atoms with E-state index in [4.69, 9.17) is 0 Å². The van der Waals surface area contributed by atoms with Gasteiger partial charge in [0.25, 0.3) is 0 Å². The molecule has 0 aliphatic heterocycles. The van der Waals surface area contributed by atoms with Gasteiger partial charge in [0.15, 0.2) is 0 Å². The summed E-state index contributed by atoms with van der Waals surface area (Å²) in [5, 5.41) is 2.43. The first-order chi connectivity index (χ1) is 8.19. The minimum Gasteiger partial charge on any atom is -0.354 e. The maximum Gasteiger partial charge on any atom is 0.0539 e. The number of hydrogen-bond acceptors (Lipinski definition) is 0. The fourth-order valence-corrected chi connectivity index (χ4v) is 2.96. The highest BCUT2D eigenvalue weighted by Crippen LogP contribution is 2.32. The van der Waals surface area contributed by atoms with Crippen molar-refractivity contribution in [2.24, 2.45) is 0 Å².